The summed E-state index contributed by atoms with van der Waals surface area (Å²) in [5.74, 6) is 1.43. The molecule has 3 rings (SSSR count). The van der Waals surface area contributed by atoms with Gasteiger partial charge in [-0.3, -0.25) is 0 Å². The lowest BCUT2D eigenvalue weighted by Crippen LogP contribution is -2.04. The van der Waals surface area contributed by atoms with Gasteiger partial charge in [0, 0.05) is 22.5 Å². The molecule has 21 heavy (non-hydrogen) atoms. The Bertz CT molecular complexity index is 764. The van der Waals surface area contributed by atoms with E-state index in [1.165, 1.54) is 6.33 Å². The fourth-order valence-corrected chi connectivity index (χ4v) is 2.20. The quantitative estimate of drug-likeness (QED) is 0.801. The number of benzene rings is 1. The number of hydrogen-bond acceptors (Lipinski definition) is 4. The molecular weight excluding hydrogens is 286 g/mol. The van der Waals surface area contributed by atoms with Gasteiger partial charge >= 0.3 is 0 Å². The molecule has 0 aliphatic heterocycles. The number of hydrogen-bond donors (Lipinski definition) is 1. The zero-order valence-electron chi connectivity index (χ0n) is 11.7. The predicted octanol–water partition coefficient (Wildman–Crippen LogP) is 3.68. The molecule has 106 valence electrons. The van der Waals surface area contributed by atoms with Gasteiger partial charge in [0.15, 0.2) is 5.82 Å². The average molecular weight is 300 g/mol. The Morgan fingerprint density at radius 1 is 1.05 bits per heavy atom. The minimum Gasteiger partial charge on any atom is -0.340 e. The lowest BCUT2D eigenvalue weighted by Gasteiger charge is -2.08. The van der Waals surface area contributed by atoms with Crippen LogP contribution in [0.25, 0.3) is 5.82 Å². The summed E-state index contributed by atoms with van der Waals surface area (Å²) in [4.78, 5) is 8.49. The van der Waals surface area contributed by atoms with Crippen molar-refractivity contribution in [1.29, 1.82) is 0 Å². The first kappa shape index (κ1) is 13.6. The average Bonchev–Trinajstić information content (AvgIpc) is 2.81. The number of aryl methyl sites for hydroxylation is 2. The summed E-state index contributed by atoms with van der Waals surface area (Å²) in [6, 6.07) is 11.3. The molecule has 0 amide bonds. The van der Waals surface area contributed by atoms with Crippen molar-refractivity contribution < 1.29 is 0 Å². The second kappa shape index (κ2) is 5.54. The maximum Gasteiger partial charge on any atom is 0.159 e. The van der Waals surface area contributed by atoms with E-state index in [9.17, 15) is 0 Å². The molecule has 0 fully saturated rings. The van der Waals surface area contributed by atoms with Crippen molar-refractivity contribution in [2.75, 3.05) is 5.32 Å². The molecule has 0 saturated carbocycles. The Morgan fingerprint density at radius 3 is 2.48 bits per heavy atom. The number of nitrogens with one attached hydrogen (secondary N) is 1. The van der Waals surface area contributed by atoms with Gasteiger partial charge in [0.2, 0.25) is 0 Å². The van der Waals surface area contributed by atoms with Crippen molar-refractivity contribution in [2.45, 2.75) is 13.8 Å². The van der Waals surface area contributed by atoms with Crippen LogP contribution in [0.1, 0.15) is 11.4 Å². The van der Waals surface area contributed by atoms with Crippen LogP contribution in [0, 0.1) is 13.8 Å². The molecule has 5 nitrogen and oxygen atoms in total. The van der Waals surface area contributed by atoms with E-state index >= 15 is 0 Å². The summed E-state index contributed by atoms with van der Waals surface area (Å²) >= 11 is 5.87. The van der Waals surface area contributed by atoms with E-state index in [0.717, 1.165) is 22.9 Å². The summed E-state index contributed by atoms with van der Waals surface area (Å²) < 4.78 is 1.80. The van der Waals surface area contributed by atoms with Gasteiger partial charge in [-0.1, -0.05) is 11.6 Å². The highest BCUT2D eigenvalue weighted by atomic mass is 35.5. The highest BCUT2D eigenvalue weighted by Crippen LogP contribution is 2.19. The first-order valence-electron chi connectivity index (χ1n) is 6.50. The molecule has 3 aromatic rings. The third-order valence-electron chi connectivity index (χ3n) is 3.00. The van der Waals surface area contributed by atoms with Crippen molar-refractivity contribution in [3.8, 4) is 5.82 Å². The van der Waals surface area contributed by atoms with Crippen molar-refractivity contribution >= 4 is 23.1 Å². The molecule has 1 N–H and O–H groups in total. The van der Waals surface area contributed by atoms with Crippen LogP contribution in [-0.4, -0.2) is 19.7 Å². The van der Waals surface area contributed by atoms with E-state index in [1.807, 2.05) is 50.2 Å². The smallest absolute Gasteiger partial charge is 0.159 e. The SMILES string of the molecule is Cc1cc(C)n(-c2cc(Nc3ccc(Cl)cc3)ncn2)n1. The predicted molar refractivity (Wildman–Crippen MR) is 83.4 cm³/mol. The van der Waals surface area contributed by atoms with Gasteiger partial charge in [0.1, 0.15) is 12.1 Å². The van der Waals surface area contributed by atoms with Crippen LogP contribution in [0.3, 0.4) is 0 Å². The molecule has 2 heterocycles. The summed E-state index contributed by atoms with van der Waals surface area (Å²) in [7, 11) is 0. The highest BCUT2D eigenvalue weighted by molar-refractivity contribution is 6.30. The number of aromatic nitrogens is 4. The molecule has 1 aromatic carbocycles. The normalized spacial score (nSPS) is 10.6. The van der Waals surface area contributed by atoms with Crippen LogP contribution in [-0.2, 0) is 0 Å². The molecule has 0 spiro atoms. The molecule has 0 radical (unpaired) electrons. The molecule has 2 aromatic heterocycles. The van der Waals surface area contributed by atoms with Gasteiger partial charge in [-0.2, -0.15) is 5.10 Å². The zero-order valence-corrected chi connectivity index (χ0v) is 12.5. The monoisotopic (exact) mass is 299 g/mol. The van der Waals surface area contributed by atoms with Gasteiger partial charge in [-0.15, -0.1) is 0 Å². The van der Waals surface area contributed by atoms with Crippen molar-refractivity contribution in [2.24, 2.45) is 0 Å². The van der Waals surface area contributed by atoms with E-state index < -0.39 is 0 Å². The molecular formula is C15H14ClN5. The maximum absolute atomic E-state index is 5.87. The fraction of sp³-hybridized carbons (Fsp3) is 0.133. The molecule has 0 atom stereocenters. The minimum absolute atomic E-state index is 0.701. The van der Waals surface area contributed by atoms with Crippen LogP contribution >= 0.6 is 11.6 Å². The van der Waals surface area contributed by atoms with Gasteiger partial charge in [0.25, 0.3) is 0 Å². The molecule has 0 unspecified atom stereocenters. The van der Waals surface area contributed by atoms with E-state index in [2.05, 4.69) is 20.4 Å². The van der Waals surface area contributed by atoms with E-state index in [-0.39, 0.29) is 0 Å². The molecule has 0 aliphatic rings. The van der Waals surface area contributed by atoms with Gasteiger partial charge in [-0.05, 0) is 44.2 Å². The Balaban J connectivity index is 1.89. The minimum atomic E-state index is 0.701. The molecule has 0 bridgehead atoms. The lowest BCUT2D eigenvalue weighted by molar-refractivity contribution is 0.801. The van der Waals surface area contributed by atoms with Crippen LogP contribution in [0.15, 0.2) is 42.7 Å². The summed E-state index contributed by atoms with van der Waals surface area (Å²) in [6.07, 6.45) is 1.52. The number of halogens is 1. The molecule has 0 saturated heterocycles. The Kier molecular flexibility index (Phi) is 3.58. The van der Waals surface area contributed by atoms with E-state index in [1.54, 1.807) is 4.68 Å². The van der Waals surface area contributed by atoms with Crippen LogP contribution in [0.2, 0.25) is 5.02 Å². The summed E-state index contributed by atoms with van der Waals surface area (Å²) in [5.41, 5.74) is 2.90. The fourth-order valence-electron chi connectivity index (χ4n) is 2.07. The zero-order chi connectivity index (χ0) is 14.8. The first-order valence-corrected chi connectivity index (χ1v) is 6.88. The molecule has 0 aliphatic carbocycles. The lowest BCUT2D eigenvalue weighted by atomic mass is 10.3. The van der Waals surface area contributed by atoms with Crippen LogP contribution in [0.4, 0.5) is 11.5 Å². The standard InChI is InChI=1S/C15H14ClN5/c1-10-7-11(2)21(20-10)15-8-14(17-9-18-15)19-13-5-3-12(16)4-6-13/h3-9H,1-2H3,(H,17,18,19). The number of nitrogens with zero attached hydrogens (tertiary/aromatic N) is 4. The second-order valence-corrected chi connectivity index (χ2v) is 5.17. The first-order chi connectivity index (χ1) is 10.1. The van der Waals surface area contributed by atoms with Crippen molar-refractivity contribution in [3.63, 3.8) is 0 Å². The van der Waals surface area contributed by atoms with Gasteiger partial charge in [0.05, 0.1) is 5.69 Å². The van der Waals surface area contributed by atoms with Crippen molar-refractivity contribution in [3.05, 3.63) is 59.1 Å². The Morgan fingerprint density at radius 2 is 1.81 bits per heavy atom. The van der Waals surface area contributed by atoms with Gasteiger partial charge < -0.3 is 5.32 Å². The van der Waals surface area contributed by atoms with E-state index in [0.29, 0.717) is 10.8 Å². The van der Waals surface area contributed by atoms with Crippen molar-refractivity contribution in [1.82, 2.24) is 19.7 Å². The Labute approximate surface area is 127 Å². The second-order valence-electron chi connectivity index (χ2n) is 4.73. The topological polar surface area (TPSA) is 55.6 Å². The third-order valence-corrected chi connectivity index (χ3v) is 3.25. The summed E-state index contributed by atoms with van der Waals surface area (Å²) in [5, 5.41) is 8.34. The van der Waals surface area contributed by atoms with Crippen LogP contribution < -0.4 is 5.32 Å². The maximum atomic E-state index is 5.87. The highest BCUT2D eigenvalue weighted by Gasteiger charge is 2.06. The number of rotatable bonds is 3. The molecule has 6 heteroatoms. The largest absolute Gasteiger partial charge is 0.340 e. The van der Waals surface area contributed by atoms with E-state index in [4.69, 9.17) is 11.6 Å². The summed E-state index contributed by atoms with van der Waals surface area (Å²) in [6.45, 7) is 3.95. The Hall–Kier alpha value is -2.40. The van der Waals surface area contributed by atoms with Gasteiger partial charge in [-0.25, -0.2) is 14.6 Å². The van der Waals surface area contributed by atoms with Crippen LogP contribution in [0.5, 0.6) is 0 Å². The number of anilines is 2. The third kappa shape index (κ3) is 3.03.